The number of aryl methyl sites for hydroxylation is 1. The molecule has 3 aromatic rings. The monoisotopic (exact) mass is 506 g/mol. The van der Waals surface area contributed by atoms with Gasteiger partial charge in [-0.15, -0.1) is 0 Å². The Morgan fingerprint density at radius 1 is 1.00 bits per heavy atom. The molecule has 1 aromatic heterocycles. The second-order valence-electron chi connectivity index (χ2n) is 7.80. The van der Waals surface area contributed by atoms with E-state index in [1.807, 2.05) is 13.0 Å². The number of hydrogen-bond donors (Lipinski definition) is 3. The second-order valence-corrected chi connectivity index (χ2v) is 8.79. The maximum Gasteiger partial charge on any atom is 0.335 e. The van der Waals surface area contributed by atoms with Crippen molar-refractivity contribution in [1.82, 2.24) is 4.90 Å². The lowest BCUT2D eigenvalue weighted by Crippen LogP contribution is -2.36. The molecule has 2 heterocycles. The van der Waals surface area contributed by atoms with Crippen molar-refractivity contribution < 1.29 is 38.6 Å². The highest BCUT2D eigenvalue weighted by Crippen LogP contribution is 2.33. The summed E-state index contributed by atoms with van der Waals surface area (Å²) >= 11 is 0.648. The van der Waals surface area contributed by atoms with Crippen LogP contribution in [0.2, 0.25) is 0 Å². The lowest BCUT2D eigenvalue weighted by Gasteiger charge is -2.12. The number of carbonyl (C=O) groups excluding carboxylic acids is 3. The van der Waals surface area contributed by atoms with E-state index in [9.17, 15) is 34.2 Å². The van der Waals surface area contributed by atoms with E-state index in [1.165, 1.54) is 30.3 Å². The average Bonchev–Trinajstić information content (AvgIpc) is 3.39. The molecule has 3 N–H and O–H groups in total. The van der Waals surface area contributed by atoms with Crippen molar-refractivity contribution in [2.24, 2.45) is 0 Å². The van der Waals surface area contributed by atoms with Gasteiger partial charge >= 0.3 is 11.9 Å². The first-order valence-electron chi connectivity index (χ1n) is 10.4. The summed E-state index contributed by atoms with van der Waals surface area (Å²) in [7, 11) is 0. The van der Waals surface area contributed by atoms with Gasteiger partial charge in [0.2, 0.25) is 5.91 Å². The van der Waals surface area contributed by atoms with E-state index >= 15 is 0 Å². The number of amides is 3. The minimum Gasteiger partial charge on any atom is -0.478 e. The summed E-state index contributed by atoms with van der Waals surface area (Å²) in [6, 6.07) is 13.6. The molecule has 3 amide bonds. The number of carbonyl (C=O) groups is 5. The molecule has 1 saturated heterocycles. The minimum absolute atomic E-state index is 0.0368. The van der Waals surface area contributed by atoms with Crippen molar-refractivity contribution in [1.29, 1.82) is 0 Å². The zero-order chi connectivity index (χ0) is 26.0. The van der Waals surface area contributed by atoms with Crippen LogP contribution in [0.15, 0.2) is 63.9 Å². The Bertz CT molecular complexity index is 1420. The number of anilines is 1. The Kier molecular flexibility index (Phi) is 6.75. The lowest BCUT2D eigenvalue weighted by atomic mass is 10.0. The van der Waals surface area contributed by atoms with Crippen molar-refractivity contribution in [3.05, 3.63) is 82.0 Å². The van der Waals surface area contributed by atoms with E-state index in [0.717, 1.165) is 16.5 Å². The van der Waals surface area contributed by atoms with Crippen LogP contribution in [0, 0.1) is 6.92 Å². The fraction of sp³-hybridized carbons (Fsp3) is 0.0800. The highest BCUT2D eigenvalue weighted by atomic mass is 32.2. The predicted molar refractivity (Wildman–Crippen MR) is 131 cm³/mol. The van der Waals surface area contributed by atoms with Gasteiger partial charge in [0.1, 0.15) is 18.1 Å². The highest BCUT2D eigenvalue weighted by Gasteiger charge is 2.36. The van der Waals surface area contributed by atoms with Gasteiger partial charge in [-0.25, -0.2) is 9.59 Å². The molecule has 0 spiro atoms. The third kappa shape index (κ3) is 5.36. The maximum absolute atomic E-state index is 12.7. The number of rotatable bonds is 7. The van der Waals surface area contributed by atoms with Crippen molar-refractivity contribution in [3.63, 3.8) is 0 Å². The summed E-state index contributed by atoms with van der Waals surface area (Å²) < 4.78 is 5.65. The van der Waals surface area contributed by atoms with Gasteiger partial charge in [0.05, 0.1) is 16.0 Å². The molecule has 36 heavy (non-hydrogen) atoms. The molecular weight excluding hydrogens is 488 g/mol. The number of nitrogens with one attached hydrogen (secondary N) is 1. The highest BCUT2D eigenvalue weighted by molar-refractivity contribution is 8.18. The molecule has 0 unspecified atom stereocenters. The topological polar surface area (TPSA) is 154 Å². The number of thioether (sulfide) groups is 1. The molecule has 0 bridgehead atoms. The van der Waals surface area contributed by atoms with Gasteiger partial charge in [0, 0.05) is 17.3 Å². The number of carboxylic acids is 2. The van der Waals surface area contributed by atoms with Crippen LogP contribution in [0.4, 0.5) is 10.5 Å². The van der Waals surface area contributed by atoms with Gasteiger partial charge < -0.3 is 19.9 Å². The molecule has 11 heteroatoms. The smallest absolute Gasteiger partial charge is 0.335 e. The van der Waals surface area contributed by atoms with Crippen molar-refractivity contribution >= 4 is 52.5 Å². The van der Waals surface area contributed by atoms with Gasteiger partial charge in [-0.2, -0.15) is 0 Å². The zero-order valence-electron chi connectivity index (χ0n) is 18.7. The number of benzene rings is 2. The van der Waals surface area contributed by atoms with E-state index in [4.69, 9.17) is 4.42 Å². The summed E-state index contributed by atoms with van der Waals surface area (Å²) in [5, 5.41) is 20.5. The molecule has 0 radical (unpaired) electrons. The second kappa shape index (κ2) is 9.92. The Labute approximate surface area is 208 Å². The van der Waals surface area contributed by atoms with Crippen molar-refractivity contribution in [2.75, 3.05) is 11.9 Å². The molecule has 2 aromatic carbocycles. The van der Waals surface area contributed by atoms with Crippen LogP contribution in [0.25, 0.3) is 17.4 Å². The fourth-order valence-electron chi connectivity index (χ4n) is 3.43. The van der Waals surface area contributed by atoms with Gasteiger partial charge in [0.25, 0.3) is 11.1 Å². The molecule has 1 aliphatic heterocycles. The molecule has 0 atom stereocenters. The Morgan fingerprint density at radius 2 is 1.69 bits per heavy atom. The molecule has 182 valence electrons. The van der Waals surface area contributed by atoms with Gasteiger partial charge in [-0.1, -0.05) is 12.1 Å². The number of imide groups is 1. The zero-order valence-corrected chi connectivity index (χ0v) is 19.5. The Morgan fingerprint density at radius 3 is 2.33 bits per heavy atom. The van der Waals surface area contributed by atoms with Crippen LogP contribution < -0.4 is 5.32 Å². The third-order valence-electron chi connectivity index (χ3n) is 5.09. The number of nitrogens with zero attached hydrogens (tertiary/aromatic N) is 1. The lowest BCUT2D eigenvalue weighted by molar-refractivity contribution is -0.127. The molecular formula is C25H18N2O8S. The summed E-state index contributed by atoms with van der Waals surface area (Å²) in [5.41, 5.74) is 1.24. The first kappa shape index (κ1) is 24.5. The van der Waals surface area contributed by atoms with Gasteiger partial charge in [-0.05, 0) is 66.7 Å². The predicted octanol–water partition coefficient (Wildman–Crippen LogP) is 4.33. The summed E-state index contributed by atoms with van der Waals surface area (Å²) in [6.07, 6.45) is 1.33. The Balaban J connectivity index is 1.51. The van der Waals surface area contributed by atoms with E-state index in [1.54, 1.807) is 18.2 Å². The minimum atomic E-state index is -1.30. The summed E-state index contributed by atoms with van der Waals surface area (Å²) in [4.78, 5) is 61.0. The summed E-state index contributed by atoms with van der Waals surface area (Å²) in [5.74, 6) is -3.45. The van der Waals surface area contributed by atoms with E-state index < -0.39 is 35.5 Å². The SMILES string of the molecule is Cc1cccc(NC(=O)CN2C(=O)S/C(=C/c3ccc(-c4cc(C(=O)O)cc(C(=O)O)c4)o3)C2=O)c1. The van der Waals surface area contributed by atoms with Crippen LogP contribution in [-0.2, 0) is 9.59 Å². The molecule has 0 saturated carbocycles. The van der Waals surface area contributed by atoms with E-state index in [-0.39, 0.29) is 33.1 Å². The average molecular weight is 506 g/mol. The van der Waals surface area contributed by atoms with Crippen LogP contribution in [0.3, 0.4) is 0 Å². The van der Waals surface area contributed by atoms with Gasteiger partial charge in [-0.3, -0.25) is 19.3 Å². The first-order valence-corrected chi connectivity index (χ1v) is 11.3. The van der Waals surface area contributed by atoms with Crippen LogP contribution in [0.1, 0.15) is 32.0 Å². The molecule has 4 rings (SSSR count). The number of furan rings is 1. The van der Waals surface area contributed by atoms with Gasteiger partial charge in [0.15, 0.2) is 0 Å². The number of aromatic carboxylic acids is 2. The molecule has 10 nitrogen and oxygen atoms in total. The number of carboxylic acid groups (broad SMARTS) is 2. The standard InChI is InChI=1S/C25H18N2O8S/c1-13-3-2-4-17(7-13)26-21(28)12-27-22(29)20(36-25(27)34)11-18-5-6-19(35-18)14-8-15(23(30)31)10-16(9-14)24(32)33/h2-11H,12H2,1H3,(H,26,28)(H,30,31)(H,32,33)/b20-11+. The number of hydrogen-bond acceptors (Lipinski definition) is 7. The van der Waals surface area contributed by atoms with Crippen molar-refractivity contribution in [2.45, 2.75) is 6.92 Å². The maximum atomic E-state index is 12.7. The molecule has 1 fully saturated rings. The van der Waals surface area contributed by atoms with Crippen molar-refractivity contribution in [3.8, 4) is 11.3 Å². The van der Waals surface area contributed by atoms with Crippen LogP contribution in [0.5, 0.6) is 0 Å². The summed E-state index contributed by atoms with van der Waals surface area (Å²) in [6.45, 7) is 1.41. The Hall–Kier alpha value is -4.64. The largest absolute Gasteiger partial charge is 0.478 e. The first-order chi connectivity index (χ1) is 17.1. The van der Waals surface area contributed by atoms with E-state index in [2.05, 4.69) is 5.32 Å². The quantitative estimate of drug-likeness (QED) is 0.397. The normalized spacial score (nSPS) is 14.4. The van der Waals surface area contributed by atoms with Crippen LogP contribution >= 0.6 is 11.8 Å². The van der Waals surface area contributed by atoms with Crippen LogP contribution in [-0.4, -0.2) is 50.6 Å². The third-order valence-corrected chi connectivity index (χ3v) is 6.00. The van der Waals surface area contributed by atoms with E-state index in [0.29, 0.717) is 17.4 Å². The fourth-order valence-corrected chi connectivity index (χ4v) is 4.25. The molecule has 0 aliphatic carbocycles. The molecule has 1 aliphatic rings.